The van der Waals surface area contributed by atoms with Crippen LogP contribution in [0.4, 0.5) is 0 Å². The molecule has 0 bridgehead atoms. The summed E-state index contributed by atoms with van der Waals surface area (Å²) in [7, 11) is 0. The fraction of sp³-hybridized carbons (Fsp3) is 0.577. The molecule has 2 fully saturated rings. The number of amides is 2. The predicted octanol–water partition coefficient (Wildman–Crippen LogP) is 3.74. The summed E-state index contributed by atoms with van der Waals surface area (Å²) in [5.74, 6) is 1.58. The largest absolute Gasteiger partial charge is 0.454 e. The molecule has 0 saturated heterocycles. The maximum atomic E-state index is 13.8. The van der Waals surface area contributed by atoms with Crippen LogP contribution in [0.3, 0.4) is 0 Å². The summed E-state index contributed by atoms with van der Waals surface area (Å²) in [4.78, 5) is 29.3. The number of nitrogens with one attached hydrogen (secondary N) is 1. The van der Waals surface area contributed by atoms with Gasteiger partial charge in [-0.2, -0.15) is 5.10 Å². The Hall–Kier alpha value is -3.03. The van der Waals surface area contributed by atoms with Crippen LogP contribution < -0.4 is 14.8 Å². The van der Waals surface area contributed by atoms with Crippen molar-refractivity contribution in [1.29, 1.82) is 0 Å². The van der Waals surface area contributed by atoms with E-state index in [9.17, 15) is 9.59 Å². The maximum absolute atomic E-state index is 13.8. The lowest BCUT2D eigenvalue weighted by Gasteiger charge is -2.44. The Morgan fingerprint density at radius 2 is 1.85 bits per heavy atom. The van der Waals surface area contributed by atoms with Crippen LogP contribution in [0.2, 0.25) is 0 Å². The van der Waals surface area contributed by atoms with Gasteiger partial charge in [0, 0.05) is 18.5 Å². The van der Waals surface area contributed by atoms with Crippen molar-refractivity contribution in [3.8, 4) is 11.5 Å². The minimum Gasteiger partial charge on any atom is -0.454 e. The molecule has 6 rings (SSSR count). The van der Waals surface area contributed by atoms with Crippen LogP contribution in [0.1, 0.15) is 86.0 Å². The Kier molecular flexibility index (Phi) is 5.26. The average molecular weight is 465 g/mol. The molecule has 34 heavy (non-hydrogen) atoms. The van der Waals surface area contributed by atoms with Gasteiger partial charge in [0.2, 0.25) is 12.7 Å². The van der Waals surface area contributed by atoms with E-state index in [2.05, 4.69) is 5.32 Å². The molecular formula is C26H32N4O4. The van der Waals surface area contributed by atoms with Crippen molar-refractivity contribution in [2.24, 2.45) is 0 Å². The van der Waals surface area contributed by atoms with Gasteiger partial charge in [0.25, 0.3) is 5.91 Å². The third-order valence-corrected chi connectivity index (χ3v) is 7.77. The molecule has 0 spiro atoms. The number of hydrogen-bond donors (Lipinski definition) is 1. The second kappa shape index (κ2) is 8.32. The van der Waals surface area contributed by atoms with Crippen molar-refractivity contribution in [3.05, 3.63) is 41.2 Å². The van der Waals surface area contributed by atoms with Crippen molar-refractivity contribution in [3.63, 3.8) is 0 Å². The summed E-state index contributed by atoms with van der Waals surface area (Å²) in [5, 5.41) is 8.05. The summed E-state index contributed by atoms with van der Waals surface area (Å²) >= 11 is 0. The number of hydrogen-bond acceptors (Lipinski definition) is 5. The van der Waals surface area contributed by atoms with Crippen LogP contribution in [0.5, 0.6) is 11.5 Å². The lowest BCUT2D eigenvalue weighted by atomic mass is 9.93. The van der Waals surface area contributed by atoms with Crippen LogP contribution in [0.25, 0.3) is 0 Å². The van der Waals surface area contributed by atoms with Crippen molar-refractivity contribution in [1.82, 2.24) is 20.0 Å². The Morgan fingerprint density at radius 1 is 1.09 bits per heavy atom. The van der Waals surface area contributed by atoms with Gasteiger partial charge in [-0.15, -0.1) is 0 Å². The Bertz CT molecular complexity index is 1120. The number of rotatable bonds is 5. The van der Waals surface area contributed by atoms with Gasteiger partial charge in [0.1, 0.15) is 11.2 Å². The van der Waals surface area contributed by atoms with Gasteiger partial charge in [-0.1, -0.05) is 31.7 Å². The topological polar surface area (TPSA) is 85.7 Å². The van der Waals surface area contributed by atoms with Crippen molar-refractivity contribution >= 4 is 11.8 Å². The highest BCUT2D eigenvalue weighted by Crippen LogP contribution is 2.41. The second-order valence-corrected chi connectivity index (χ2v) is 10.4. The van der Waals surface area contributed by atoms with Gasteiger partial charge < -0.3 is 19.7 Å². The first-order valence-electron chi connectivity index (χ1n) is 12.6. The Labute approximate surface area is 199 Å². The first kappa shape index (κ1) is 21.5. The number of carbonyl (C=O) groups excluding carboxylic acids is 2. The van der Waals surface area contributed by atoms with Gasteiger partial charge >= 0.3 is 0 Å². The maximum Gasteiger partial charge on any atom is 0.273 e. The molecule has 1 aromatic carbocycles. The summed E-state index contributed by atoms with van der Waals surface area (Å²) in [6.45, 7) is 2.75. The molecule has 8 heteroatoms. The molecule has 0 radical (unpaired) electrons. The van der Waals surface area contributed by atoms with E-state index in [4.69, 9.17) is 14.6 Å². The monoisotopic (exact) mass is 464 g/mol. The molecule has 2 aliphatic heterocycles. The quantitative estimate of drug-likeness (QED) is 0.682. The van der Waals surface area contributed by atoms with E-state index >= 15 is 0 Å². The standard InChI is InChI=1S/C26H32N4O4/c1-26(25(32)27-19-6-4-2-3-5-7-19)15-30-21(13-20(28-30)18-9-10-18)24(31)29(26)14-17-8-11-22-23(12-17)34-16-33-22/h8,11-13,18-19H,2-7,9-10,14-16H2,1H3,(H,27,32)/t26-/m0/s1. The fourth-order valence-electron chi connectivity index (χ4n) is 5.47. The van der Waals surface area contributed by atoms with Gasteiger partial charge in [0.15, 0.2) is 11.5 Å². The number of nitrogens with zero attached hydrogens (tertiary/aromatic N) is 3. The molecule has 3 heterocycles. The molecule has 2 saturated carbocycles. The van der Waals surface area contributed by atoms with Crippen LogP contribution in [0, 0.1) is 0 Å². The lowest BCUT2D eigenvalue weighted by Crippen LogP contribution is -2.64. The molecule has 1 aromatic heterocycles. The first-order valence-corrected chi connectivity index (χ1v) is 12.6. The Balaban J connectivity index is 1.32. The van der Waals surface area contributed by atoms with Gasteiger partial charge in [0.05, 0.1) is 12.2 Å². The van der Waals surface area contributed by atoms with Gasteiger partial charge in [-0.3, -0.25) is 14.3 Å². The van der Waals surface area contributed by atoms with Crippen LogP contribution in [-0.4, -0.2) is 44.9 Å². The number of aromatic nitrogens is 2. The van der Waals surface area contributed by atoms with E-state index in [1.165, 1.54) is 12.8 Å². The molecule has 8 nitrogen and oxygen atoms in total. The van der Waals surface area contributed by atoms with Crippen LogP contribution in [-0.2, 0) is 17.9 Å². The highest BCUT2D eigenvalue weighted by Gasteiger charge is 2.49. The first-order chi connectivity index (χ1) is 16.5. The highest BCUT2D eigenvalue weighted by atomic mass is 16.7. The minimum absolute atomic E-state index is 0.0948. The van der Waals surface area contributed by atoms with Crippen LogP contribution in [0.15, 0.2) is 24.3 Å². The predicted molar refractivity (Wildman–Crippen MR) is 125 cm³/mol. The van der Waals surface area contributed by atoms with Gasteiger partial charge in [-0.25, -0.2) is 0 Å². The molecule has 2 amide bonds. The van der Waals surface area contributed by atoms with E-state index in [1.807, 2.05) is 31.2 Å². The zero-order valence-electron chi connectivity index (χ0n) is 19.7. The number of fused-ring (bicyclic) bond motifs is 2. The zero-order chi connectivity index (χ0) is 23.3. The minimum atomic E-state index is -1.04. The smallest absolute Gasteiger partial charge is 0.273 e. The number of ether oxygens (including phenoxy) is 2. The SMILES string of the molecule is C[C@@]1(C(=O)NC2CCCCCC2)Cn2nc(C3CC3)cc2C(=O)N1Cc1ccc2c(c1)OCO2. The normalized spacial score (nSPS) is 24.6. The fourth-order valence-corrected chi connectivity index (χ4v) is 5.47. The summed E-state index contributed by atoms with van der Waals surface area (Å²) < 4.78 is 12.7. The third kappa shape index (κ3) is 3.83. The number of benzene rings is 1. The van der Waals surface area contributed by atoms with Crippen molar-refractivity contribution in [2.75, 3.05) is 6.79 Å². The third-order valence-electron chi connectivity index (χ3n) is 7.77. The molecule has 0 unspecified atom stereocenters. The van der Waals surface area contributed by atoms with E-state index in [0.717, 1.165) is 49.8 Å². The Morgan fingerprint density at radius 3 is 2.62 bits per heavy atom. The average Bonchev–Trinajstić information content (AvgIpc) is 3.51. The highest BCUT2D eigenvalue weighted by molar-refractivity contribution is 5.99. The molecule has 1 N–H and O–H groups in total. The second-order valence-electron chi connectivity index (χ2n) is 10.4. The summed E-state index contributed by atoms with van der Waals surface area (Å²) in [6.07, 6.45) is 8.94. The number of carbonyl (C=O) groups is 2. The molecular weight excluding hydrogens is 432 g/mol. The van der Waals surface area contributed by atoms with E-state index in [0.29, 0.717) is 36.2 Å². The molecule has 4 aliphatic rings. The zero-order valence-corrected chi connectivity index (χ0v) is 19.7. The molecule has 2 aliphatic carbocycles. The van der Waals surface area contributed by atoms with Crippen LogP contribution >= 0.6 is 0 Å². The lowest BCUT2D eigenvalue weighted by molar-refractivity contribution is -0.134. The van der Waals surface area contributed by atoms with E-state index in [1.54, 1.807) is 9.58 Å². The van der Waals surface area contributed by atoms with E-state index in [-0.39, 0.29) is 24.6 Å². The molecule has 180 valence electrons. The van der Waals surface area contributed by atoms with Crippen molar-refractivity contribution in [2.45, 2.75) is 88.9 Å². The van der Waals surface area contributed by atoms with Gasteiger partial charge in [-0.05, 0) is 56.4 Å². The summed E-state index contributed by atoms with van der Waals surface area (Å²) in [6, 6.07) is 7.79. The summed E-state index contributed by atoms with van der Waals surface area (Å²) in [5.41, 5.74) is 1.41. The molecule has 1 atom stereocenters. The van der Waals surface area contributed by atoms with E-state index < -0.39 is 5.54 Å². The van der Waals surface area contributed by atoms with Crippen molar-refractivity contribution < 1.29 is 19.1 Å². The molecule has 2 aromatic rings.